The topological polar surface area (TPSA) is 56.8 Å². The third kappa shape index (κ3) is 3.63. The molecular weight excluding hydrogens is 384 g/mol. The maximum Gasteiger partial charge on any atom is 0.246 e. The number of amides is 2. The molecule has 0 radical (unpaired) electrons. The Balaban J connectivity index is 1.35. The minimum atomic E-state index is -0.270. The highest BCUT2D eigenvalue weighted by molar-refractivity contribution is 7.09. The van der Waals surface area contributed by atoms with E-state index in [0.717, 1.165) is 50.3 Å². The van der Waals surface area contributed by atoms with E-state index in [-0.39, 0.29) is 29.8 Å². The van der Waals surface area contributed by atoms with Gasteiger partial charge in [0.2, 0.25) is 11.8 Å². The fraction of sp³-hybridized carbons (Fsp3) is 0.682. The van der Waals surface area contributed by atoms with Crippen LogP contribution in [0.4, 0.5) is 0 Å². The molecule has 2 bridgehead atoms. The number of rotatable bonds is 4. The molecule has 0 spiro atoms. The van der Waals surface area contributed by atoms with Crippen molar-refractivity contribution in [2.75, 3.05) is 32.7 Å². The maximum atomic E-state index is 13.5. The Kier molecular flexibility index (Phi) is 5.20. The second-order valence-corrected chi connectivity index (χ2v) is 10.1. The van der Waals surface area contributed by atoms with Gasteiger partial charge in [-0.2, -0.15) is 0 Å². The molecule has 156 valence electrons. The Morgan fingerprint density at radius 1 is 1.24 bits per heavy atom. The van der Waals surface area contributed by atoms with E-state index in [2.05, 4.69) is 34.3 Å². The number of aryl methyl sites for hydroxylation is 1. The number of carbonyl (C=O) groups excluding carboxylic acids is 2. The summed E-state index contributed by atoms with van der Waals surface area (Å²) in [5.74, 6) is 1.11. The van der Waals surface area contributed by atoms with Gasteiger partial charge in [-0.25, -0.2) is 4.98 Å². The summed E-state index contributed by atoms with van der Waals surface area (Å²) in [7, 11) is 0. The first-order valence-electron chi connectivity index (χ1n) is 11.0. The third-order valence-corrected chi connectivity index (χ3v) is 7.97. The Bertz CT molecular complexity index is 813. The molecule has 3 saturated heterocycles. The molecule has 2 amide bonds. The van der Waals surface area contributed by atoms with E-state index in [1.54, 1.807) is 11.3 Å². The van der Waals surface area contributed by atoms with E-state index in [9.17, 15) is 9.59 Å². The van der Waals surface area contributed by atoms with Crippen LogP contribution in [0.1, 0.15) is 36.4 Å². The molecule has 3 fully saturated rings. The lowest BCUT2D eigenvalue weighted by Gasteiger charge is -2.56. The van der Waals surface area contributed by atoms with Crippen molar-refractivity contribution in [1.29, 1.82) is 0 Å². The normalized spacial score (nSPS) is 32.0. The number of carbonyl (C=O) groups is 2. The van der Waals surface area contributed by atoms with Crippen molar-refractivity contribution in [3.8, 4) is 0 Å². The first kappa shape index (κ1) is 19.2. The van der Waals surface area contributed by atoms with Crippen LogP contribution in [0.5, 0.6) is 0 Å². The summed E-state index contributed by atoms with van der Waals surface area (Å²) in [6.07, 6.45) is 8.77. The molecule has 0 aliphatic carbocycles. The number of hydrogen-bond acceptors (Lipinski definition) is 5. The number of fused-ring (bicyclic) bond motifs is 4. The fourth-order valence-corrected chi connectivity index (χ4v) is 6.54. The summed E-state index contributed by atoms with van der Waals surface area (Å²) in [6, 6.07) is -0.0328. The number of likely N-dealkylation sites (tertiary alicyclic amines) is 1. The zero-order valence-electron chi connectivity index (χ0n) is 17.1. The first-order valence-corrected chi connectivity index (χ1v) is 11.9. The lowest BCUT2D eigenvalue weighted by Crippen LogP contribution is -2.68. The average Bonchev–Trinajstić information content (AvgIpc) is 3.39. The number of thiazole rings is 1. The zero-order valence-corrected chi connectivity index (χ0v) is 17.9. The molecule has 4 atom stereocenters. The Morgan fingerprint density at radius 2 is 2.03 bits per heavy atom. The van der Waals surface area contributed by atoms with Crippen molar-refractivity contribution in [1.82, 2.24) is 19.7 Å². The van der Waals surface area contributed by atoms with Gasteiger partial charge in [0.15, 0.2) is 0 Å². The quantitative estimate of drug-likeness (QED) is 0.708. The molecule has 0 unspecified atom stereocenters. The standard InChI is InChI=1S/C22H30N4O2S/c1-15-23-18(14-29-15)7-10-24-12-16-11-17(13-24)21(22(28)25-8-2-3-9-25)26-19(16)5-4-6-20(26)27/h2-3,14,16-17,19,21H,4-13H2,1H3/t16-,17+,19-,21+/m0/s1. The average molecular weight is 415 g/mol. The van der Waals surface area contributed by atoms with Gasteiger partial charge in [0.1, 0.15) is 6.04 Å². The molecule has 1 aromatic rings. The van der Waals surface area contributed by atoms with E-state index in [1.165, 1.54) is 5.69 Å². The number of hydrogen-bond donors (Lipinski definition) is 0. The molecule has 29 heavy (non-hydrogen) atoms. The van der Waals surface area contributed by atoms with E-state index in [0.29, 0.717) is 25.4 Å². The molecule has 7 heteroatoms. The van der Waals surface area contributed by atoms with Crippen LogP contribution < -0.4 is 0 Å². The predicted molar refractivity (Wildman–Crippen MR) is 113 cm³/mol. The molecule has 0 N–H and O–H groups in total. The molecule has 4 aliphatic rings. The number of piperidine rings is 3. The lowest BCUT2D eigenvalue weighted by atomic mass is 9.71. The van der Waals surface area contributed by atoms with Crippen molar-refractivity contribution >= 4 is 23.2 Å². The van der Waals surface area contributed by atoms with Crippen LogP contribution >= 0.6 is 11.3 Å². The predicted octanol–water partition coefficient (Wildman–Crippen LogP) is 2.09. The zero-order chi connectivity index (χ0) is 20.0. The van der Waals surface area contributed by atoms with Gasteiger partial charge >= 0.3 is 0 Å². The Hall–Kier alpha value is -1.73. The lowest BCUT2D eigenvalue weighted by molar-refractivity contribution is -0.164. The first-order chi connectivity index (χ1) is 14.1. The van der Waals surface area contributed by atoms with Crippen LogP contribution in [0.3, 0.4) is 0 Å². The maximum absolute atomic E-state index is 13.5. The van der Waals surface area contributed by atoms with Crippen LogP contribution in [0, 0.1) is 18.8 Å². The fourth-order valence-electron chi connectivity index (χ4n) is 5.89. The second kappa shape index (κ2) is 7.84. The van der Waals surface area contributed by atoms with Gasteiger partial charge in [-0.05, 0) is 32.1 Å². The summed E-state index contributed by atoms with van der Waals surface area (Å²) in [6.45, 7) is 6.37. The molecule has 6 nitrogen and oxygen atoms in total. The molecule has 5 heterocycles. The number of aromatic nitrogens is 1. The van der Waals surface area contributed by atoms with E-state index in [1.807, 2.05) is 9.80 Å². The van der Waals surface area contributed by atoms with Gasteiger partial charge in [-0.1, -0.05) is 12.2 Å². The van der Waals surface area contributed by atoms with E-state index < -0.39 is 0 Å². The minimum absolute atomic E-state index is 0.163. The third-order valence-electron chi connectivity index (χ3n) is 7.15. The molecule has 1 aromatic heterocycles. The molecule has 0 saturated carbocycles. The van der Waals surface area contributed by atoms with E-state index in [4.69, 9.17) is 0 Å². The molecule has 4 aliphatic heterocycles. The molecular formula is C22H30N4O2S. The SMILES string of the molecule is Cc1nc(CCN2C[C@@H]3C[C@H](C2)[C@H](C(=O)N2CC=CC2)N2C(=O)CCC[C@@H]32)cs1. The Morgan fingerprint density at radius 3 is 2.79 bits per heavy atom. The summed E-state index contributed by atoms with van der Waals surface area (Å²) in [4.78, 5) is 37.5. The van der Waals surface area contributed by atoms with Crippen molar-refractivity contribution in [3.05, 3.63) is 28.2 Å². The van der Waals surface area contributed by atoms with E-state index >= 15 is 0 Å². The minimum Gasteiger partial charge on any atom is -0.333 e. The van der Waals surface area contributed by atoms with Crippen LogP contribution in [-0.2, 0) is 16.0 Å². The van der Waals surface area contributed by atoms with Crippen LogP contribution in [0.15, 0.2) is 17.5 Å². The molecule has 0 aromatic carbocycles. The van der Waals surface area contributed by atoms with Gasteiger partial charge in [-0.3, -0.25) is 9.59 Å². The van der Waals surface area contributed by atoms with Crippen molar-refractivity contribution < 1.29 is 9.59 Å². The highest BCUT2D eigenvalue weighted by Crippen LogP contribution is 2.42. The van der Waals surface area contributed by atoms with Crippen LogP contribution in [0.2, 0.25) is 0 Å². The summed E-state index contributed by atoms with van der Waals surface area (Å²) >= 11 is 1.71. The van der Waals surface area contributed by atoms with Gasteiger partial charge in [-0.15, -0.1) is 11.3 Å². The summed E-state index contributed by atoms with van der Waals surface area (Å²) < 4.78 is 0. The number of nitrogens with zero attached hydrogens (tertiary/aromatic N) is 4. The van der Waals surface area contributed by atoms with Gasteiger partial charge in [0.05, 0.1) is 10.7 Å². The van der Waals surface area contributed by atoms with Crippen molar-refractivity contribution in [3.63, 3.8) is 0 Å². The Labute approximate surface area is 176 Å². The second-order valence-electron chi connectivity index (χ2n) is 9.04. The smallest absolute Gasteiger partial charge is 0.246 e. The van der Waals surface area contributed by atoms with Crippen molar-refractivity contribution in [2.24, 2.45) is 11.8 Å². The largest absolute Gasteiger partial charge is 0.333 e. The highest BCUT2D eigenvalue weighted by atomic mass is 32.1. The van der Waals surface area contributed by atoms with Gasteiger partial charge in [0.25, 0.3) is 0 Å². The van der Waals surface area contributed by atoms with Crippen LogP contribution in [0.25, 0.3) is 0 Å². The molecule has 5 rings (SSSR count). The van der Waals surface area contributed by atoms with Gasteiger partial charge in [0, 0.05) is 62.9 Å². The highest BCUT2D eigenvalue weighted by Gasteiger charge is 2.52. The summed E-state index contributed by atoms with van der Waals surface area (Å²) in [5, 5.41) is 3.28. The van der Waals surface area contributed by atoms with Gasteiger partial charge < -0.3 is 14.7 Å². The monoisotopic (exact) mass is 414 g/mol. The van der Waals surface area contributed by atoms with Crippen molar-refractivity contribution in [2.45, 2.75) is 51.1 Å². The van der Waals surface area contributed by atoms with Crippen LogP contribution in [-0.4, -0.2) is 76.3 Å². The summed E-state index contributed by atoms with van der Waals surface area (Å²) in [5.41, 5.74) is 1.17.